The third-order valence-corrected chi connectivity index (χ3v) is 2.83. The minimum atomic E-state index is -0.971. The molecule has 4 heteroatoms. The monoisotopic (exact) mass is 157 g/mol. The highest BCUT2D eigenvalue weighted by Gasteiger charge is 2.75. The predicted molar refractivity (Wildman–Crippen MR) is 32.1 cm³/mol. The van der Waals surface area contributed by atoms with E-state index in [9.17, 15) is 4.79 Å². The molecule has 0 aromatic carbocycles. The van der Waals surface area contributed by atoms with E-state index in [1.807, 2.05) is 6.07 Å². The number of nitriles is 1. The summed E-state index contributed by atoms with van der Waals surface area (Å²) in [5.41, 5.74) is -0.971. The molecule has 1 heterocycles. The molecule has 0 bridgehead atoms. The van der Waals surface area contributed by atoms with E-state index in [-0.39, 0.29) is 11.3 Å². The Morgan fingerprint density at radius 3 is 2.90 bits per heavy atom. The van der Waals surface area contributed by atoms with Crippen molar-refractivity contribution in [1.82, 2.24) is 0 Å². The summed E-state index contributed by atoms with van der Waals surface area (Å²) in [6, 6.07) is 1.91. The Balaban J connectivity index is 2.38. The highest BCUT2D eigenvalue weighted by Crippen LogP contribution is 2.60. The Hall–Kier alpha value is -0.750. The number of halogens is 1. The Labute approximate surface area is 62.5 Å². The van der Waals surface area contributed by atoms with Crippen molar-refractivity contribution in [3.05, 3.63) is 0 Å². The van der Waals surface area contributed by atoms with E-state index in [1.54, 1.807) is 0 Å². The molecule has 1 aliphatic heterocycles. The summed E-state index contributed by atoms with van der Waals surface area (Å²) in [5, 5.41) is 8.27. The second-order valence-electron chi connectivity index (χ2n) is 2.59. The van der Waals surface area contributed by atoms with Crippen molar-refractivity contribution in [1.29, 1.82) is 5.26 Å². The molecule has 2 rings (SSSR count). The Kier molecular flexibility index (Phi) is 0.873. The minimum absolute atomic E-state index is 0.0494. The molecule has 3 atom stereocenters. The molecule has 10 heavy (non-hydrogen) atoms. The number of fused-ring (bicyclic) bond motifs is 1. The van der Waals surface area contributed by atoms with E-state index in [0.29, 0.717) is 6.61 Å². The van der Waals surface area contributed by atoms with Gasteiger partial charge in [0.1, 0.15) is 0 Å². The van der Waals surface area contributed by atoms with Crippen LogP contribution in [0, 0.1) is 22.7 Å². The van der Waals surface area contributed by atoms with E-state index in [2.05, 4.69) is 4.74 Å². The highest BCUT2D eigenvalue weighted by atomic mass is 35.5. The quantitative estimate of drug-likeness (QED) is 0.375. The lowest BCUT2D eigenvalue weighted by Gasteiger charge is -1.98. The van der Waals surface area contributed by atoms with Crippen LogP contribution in [0.3, 0.4) is 0 Å². The van der Waals surface area contributed by atoms with E-state index in [1.165, 1.54) is 0 Å². The van der Waals surface area contributed by atoms with Gasteiger partial charge >= 0.3 is 5.97 Å². The van der Waals surface area contributed by atoms with Crippen molar-refractivity contribution >= 4 is 17.6 Å². The maximum atomic E-state index is 10.8. The van der Waals surface area contributed by atoms with Gasteiger partial charge in [-0.05, 0) is 0 Å². The molecular weight excluding hydrogens is 154 g/mol. The number of hydrogen-bond donors (Lipinski definition) is 0. The van der Waals surface area contributed by atoms with Gasteiger partial charge in [-0.25, -0.2) is 0 Å². The van der Waals surface area contributed by atoms with Gasteiger partial charge in [0.15, 0.2) is 5.41 Å². The van der Waals surface area contributed by atoms with Gasteiger partial charge in [-0.3, -0.25) is 4.79 Å². The number of esters is 1. The van der Waals surface area contributed by atoms with Gasteiger partial charge in [-0.2, -0.15) is 5.26 Å². The predicted octanol–water partition coefficient (Wildman–Crippen LogP) is 0.290. The molecule has 0 spiro atoms. The van der Waals surface area contributed by atoms with Crippen LogP contribution in [0.4, 0.5) is 0 Å². The third kappa shape index (κ3) is 0.381. The highest BCUT2D eigenvalue weighted by molar-refractivity contribution is 6.27. The van der Waals surface area contributed by atoms with Gasteiger partial charge < -0.3 is 4.74 Å². The Morgan fingerprint density at radius 2 is 2.60 bits per heavy atom. The van der Waals surface area contributed by atoms with Crippen LogP contribution in [-0.2, 0) is 9.53 Å². The van der Waals surface area contributed by atoms with E-state index >= 15 is 0 Å². The topological polar surface area (TPSA) is 50.1 Å². The van der Waals surface area contributed by atoms with Crippen LogP contribution in [0.15, 0.2) is 0 Å². The van der Waals surface area contributed by atoms with Gasteiger partial charge in [0, 0.05) is 5.92 Å². The molecule has 0 aromatic rings. The molecule has 2 aliphatic rings. The molecule has 0 N–H and O–H groups in total. The van der Waals surface area contributed by atoms with Gasteiger partial charge in [0.05, 0.1) is 18.1 Å². The number of rotatable bonds is 0. The Bertz CT molecular complexity index is 247. The molecule has 52 valence electrons. The number of hydrogen-bond acceptors (Lipinski definition) is 3. The number of carbonyl (C=O) groups excluding carboxylic acids is 1. The van der Waals surface area contributed by atoms with Crippen LogP contribution in [0.2, 0.25) is 0 Å². The maximum Gasteiger partial charge on any atom is 0.328 e. The molecule has 0 radical (unpaired) electrons. The first-order valence-electron chi connectivity index (χ1n) is 2.96. The van der Waals surface area contributed by atoms with Gasteiger partial charge in [-0.1, -0.05) is 0 Å². The molecule has 1 saturated heterocycles. The zero-order valence-electron chi connectivity index (χ0n) is 5.00. The lowest BCUT2D eigenvalue weighted by Crippen LogP contribution is -2.15. The number of alkyl halides is 1. The van der Waals surface area contributed by atoms with Gasteiger partial charge in [0.2, 0.25) is 0 Å². The lowest BCUT2D eigenvalue weighted by molar-refractivity contribution is -0.142. The summed E-state index contributed by atoms with van der Waals surface area (Å²) in [4.78, 5) is 10.8. The second kappa shape index (κ2) is 1.46. The smallest absolute Gasteiger partial charge is 0.328 e. The zero-order chi connectivity index (χ0) is 7.35. The second-order valence-corrected chi connectivity index (χ2v) is 3.06. The minimum Gasteiger partial charge on any atom is -0.464 e. The number of ether oxygens (including phenoxy) is 1. The van der Waals surface area contributed by atoms with Gasteiger partial charge in [0.25, 0.3) is 0 Å². The largest absolute Gasteiger partial charge is 0.464 e. The van der Waals surface area contributed by atoms with Gasteiger partial charge in [-0.15, -0.1) is 11.6 Å². The lowest BCUT2D eigenvalue weighted by atomic mass is 10.1. The fourth-order valence-electron chi connectivity index (χ4n) is 1.37. The maximum absolute atomic E-state index is 10.8. The van der Waals surface area contributed by atoms with Crippen molar-refractivity contribution in [2.45, 2.75) is 5.38 Å². The summed E-state index contributed by atoms with van der Waals surface area (Å²) >= 11 is 5.68. The number of carbonyl (C=O) groups is 1. The number of nitrogens with zero attached hydrogens (tertiary/aromatic N) is 1. The summed E-state index contributed by atoms with van der Waals surface area (Å²) in [7, 11) is 0. The first-order valence-corrected chi connectivity index (χ1v) is 3.39. The van der Waals surface area contributed by atoms with Crippen LogP contribution in [0.1, 0.15) is 0 Å². The molecule has 0 amide bonds. The summed E-state index contributed by atoms with van der Waals surface area (Å²) in [6.07, 6.45) is 0. The normalized spacial score (nSPS) is 49.4. The first kappa shape index (κ1) is 5.99. The summed E-state index contributed by atoms with van der Waals surface area (Å²) < 4.78 is 4.63. The van der Waals surface area contributed by atoms with Crippen molar-refractivity contribution in [2.75, 3.05) is 6.61 Å². The number of cyclic esters (lactones) is 1. The standard InChI is InChI=1S/C6H4ClNO2/c7-4-3-1-10-5(9)6(3,4)2-8/h3-4H,1H2. The molecule has 1 aliphatic carbocycles. The van der Waals surface area contributed by atoms with Crippen molar-refractivity contribution < 1.29 is 9.53 Å². The molecule has 3 unspecified atom stereocenters. The molecule has 0 aromatic heterocycles. The van der Waals surface area contributed by atoms with Crippen LogP contribution in [-0.4, -0.2) is 18.0 Å². The van der Waals surface area contributed by atoms with Crippen LogP contribution < -0.4 is 0 Å². The van der Waals surface area contributed by atoms with Crippen molar-refractivity contribution in [2.24, 2.45) is 11.3 Å². The van der Waals surface area contributed by atoms with Crippen LogP contribution in [0.5, 0.6) is 0 Å². The van der Waals surface area contributed by atoms with Crippen molar-refractivity contribution in [3.63, 3.8) is 0 Å². The van der Waals surface area contributed by atoms with Crippen LogP contribution in [0.25, 0.3) is 0 Å². The fraction of sp³-hybridized carbons (Fsp3) is 0.667. The molecule has 3 nitrogen and oxygen atoms in total. The first-order chi connectivity index (χ1) is 4.73. The van der Waals surface area contributed by atoms with E-state index in [0.717, 1.165) is 0 Å². The van der Waals surface area contributed by atoms with Crippen molar-refractivity contribution in [3.8, 4) is 6.07 Å². The van der Waals surface area contributed by atoms with E-state index in [4.69, 9.17) is 16.9 Å². The molecule has 1 saturated carbocycles. The SMILES string of the molecule is N#CC12C(=O)OCC1C2Cl. The third-order valence-electron chi connectivity index (χ3n) is 2.18. The zero-order valence-corrected chi connectivity index (χ0v) is 5.76. The average molecular weight is 158 g/mol. The molecule has 2 fully saturated rings. The van der Waals surface area contributed by atoms with Crippen LogP contribution >= 0.6 is 11.6 Å². The van der Waals surface area contributed by atoms with E-state index < -0.39 is 11.4 Å². The fourth-order valence-corrected chi connectivity index (χ4v) is 1.87. The summed E-state index contributed by atoms with van der Waals surface area (Å²) in [6.45, 7) is 0.320. The average Bonchev–Trinajstić information content (AvgIpc) is 2.33. The molecular formula is C6H4ClNO2. The summed E-state index contributed by atoms with van der Waals surface area (Å²) in [5.74, 6) is -0.494. The Morgan fingerprint density at radius 1 is 1.90 bits per heavy atom.